The lowest BCUT2D eigenvalue weighted by molar-refractivity contribution is -0.384. The van der Waals surface area contributed by atoms with Crippen molar-refractivity contribution in [2.45, 2.75) is 78.0 Å². The molecule has 4 rings (SSSR count). The van der Waals surface area contributed by atoms with E-state index in [4.69, 9.17) is 18.9 Å². The molecule has 0 bridgehead atoms. The summed E-state index contributed by atoms with van der Waals surface area (Å²) in [6.07, 6.45) is 2.03. The molecule has 0 spiro atoms. The summed E-state index contributed by atoms with van der Waals surface area (Å²) in [7, 11) is 3.18. The molecule has 2 fully saturated rings. The standard InChI is InChI=1S/C37H52N4O9/c1-25(2)39(35(43)27-12-15-32(48-7)33(20-27)49-17-9-16-47-6)23-28-21-38(36(44)50-37(3,4)5)22-29(28)24-40(30-13-14-30)34(42)19-26-10-8-11-31(18-26)41(45)46/h8,10-12,15,18,20,25,28-30H,9,13-14,16-17,19,21-24H2,1-7H3/t28-,29-/m0/s1. The Labute approximate surface area is 294 Å². The van der Waals surface area contributed by atoms with Gasteiger partial charge in [-0.05, 0) is 71.2 Å². The maximum absolute atomic E-state index is 14.1. The minimum Gasteiger partial charge on any atom is -0.493 e. The number of benzene rings is 2. The average molecular weight is 697 g/mol. The molecular weight excluding hydrogens is 644 g/mol. The SMILES string of the molecule is COCCCOc1cc(C(=O)N(C[C@@H]2CN(C(=O)OC(C)(C)C)C[C@H]2CN(C(=O)Cc2cccc([N+](=O)[O-])c2)C2CC2)C(C)C)ccc1OC. The first-order valence-corrected chi connectivity index (χ1v) is 17.3. The van der Waals surface area contributed by atoms with Gasteiger partial charge in [0.2, 0.25) is 5.91 Å². The summed E-state index contributed by atoms with van der Waals surface area (Å²) in [5.74, 6) is 0.407. The molecular formula is C37H52N4O9. The first-order valence-electron chi connectivity index (χ1n) is 17.3. The van der Waals surface area contributed by atoms with E-state index in [1.807, 2.05) is 39.5 Å². The molecule has 2 aliphatic rings. The number of likely N-dealkylation sites (tertiary alicyclic amines) is 1. The van der Waals surface area contributed by atoms with Crippen LogP contribution in [-0.4, -0.2) is 109 Å². The summed E-state index contributed by atoms with van der Waals surface area (Å²) in [5.41, 5.74) is 0.284. The number of nitro benzene ring substituents is 1. The fourth-order valence-corrected chi connectivity index (χ4v) is 6.23. The van der Waals surface area contributed by atoms with Crippen molar-refractivity contribution >= 4 is 23.6 Å². The summed E-state index contributed by atoms with van der Waals surface area (Å²) in [6, 6.07) is 11.2. The molecule has 0 unspecified atom stereocenters. The number of carbonyl (C=O) groups excluding carboxylic acids is 3. The molecule has 0 aromatic heterocycles. The summed E-state index contributed by atoms with van der Waals surface area (Å²) in [6.45, 7) is 11.8. The van der Waals surface area contributed by atoms with Crippen molar-refractivity contribution in [3.63, 3.8) is 0 Å². The van der Waals surface area contributed by atoms with E-state index in [1.165, 1.54) is 12.1 Å². The van der Waals surface area contributed by atoms with Crippen LogP contribution in [0.2, 0.25) is 0 Å². The Kier molecular flexibility index (Phi) is 13.1. The zero-order valence-corrected chi connectivity index (χ0v) is 30.4. The van der Waals surface area contributed by atoms with Crippen LogP contribution in [0.1, 0.15) is 69.8 Å². The molecule has 1 heterocycles. The van der Waals surface area contributed by atoms with Crippen molar-refractivity contribution < 1.29 is 38.3 Å². The second kappa shape index (κ2) is 17.0. The number of non-ortho nitro benzene ring substituents is 1. The summed E-state index contributed by atoms with van der Waals surface area (Å²) >= 11 is 0. The van der Waals surface area contributed by atoms with E-state index in [2.05, 4.69) is 0 Å². The second-order valence-corrected chi connectivity index (χ2v) is 14.4. The van der Waals surface area contributed by atoms with Crippen LogP contribution in [0.4, 0.5) is 10.5 Å². The maximum atomic E-state index is 14.1. The van der Waals surface area contributed by atoms with Crippen molar-refractivity contribution in [2.24, 2.45) is 11.8 Å². The number of hydrogen-bond acceptors (Lipinski definition) is 9. The van der Waals surface area contributed by atoms with Gasteiger partial charge in [-0.1, -0.05) is 12.1 Å². The van der Waals surface area contributed by atoms with Crippen molar-refractivity contribution in [3.05, 3.63) is 63.7 Å². The molecule has 1 aliphatic carbocycles. The Morgan fingerprint density at radius 2 is 1.68 bits per heavy atom. The fourth-order valence-electron chi connectivity index (χ4n) is 6.23. The summed E-state index contributed by atoms with van der Waals surface area (Å²) in [4.78, 5) is 57.4. The molecule has 274 valence electrons. The van der Waals surface area contributed by atoms with Crippen LogP contribution in [0.3, 0.4) is 0 Å². The van der Waals surface area contributed by atoms with Crippen LogP contribution in [0.25, 0.3) is 0 Å². The van der Waals surface area contributed by atoms with Crippen LogP contribution < -0.4 is 9.47 Å². The highest BCUT2D eigenvalue weighted by molar-refractivity contribution is 5.95. The van der Waals surface area contributed by atoms with Gasteiger partial charge in [0.1, 0.15) is 5.60 Å². The van der Waals surface area contributed by atoms with Crippen LogP contribution in [-0.2, 0) is 20.7 Å². The molecule has 1 saturated carbocycles. The molecule has 0 N–H and O–H groups in total. The van der Waals surface area contributed by atoms with Gasteiger partial charge in [0, 0.05) is 87.9 Å². The zero-order valence-electron chi connectivity index (χ0n) is 30.4. The van der Waals surface area contributed by atoms with Gasteiger partial charge in [0.05, 0.1) is 25.1 Å². The largest absolute Gasteiger partial charge is 0.493 e. The average Bonchev–Trinajstić information content (AvgIpc) is 3.82. The first-order chi connectivity index (χ1) is 23.7. The van der Waals surface area contributed by atoms with Gasteiger partial charge in [-0.25, -0.2) is 4.79 Å². The molecule has 0 radical (unpaired) electrons. The second-order valence-electron chi connectivity index (χ2n) is 14.4. The fraction of sp³-hybridized carbons (Fsp3) is 0.595. The summed E-state index contributed by atoms with van der Waals surface area (Å²) < 4.78 is 22.3. The monoisotopic (exact) mass is 696 g/mol. The third-order valence-electron chi connectivity index (χ3n) is 8.92. The van der Waals surface area contributed by atoms with Gasteiger partial charge in [0.25, 0.3) is 11.6 Å². The van der Waals surface area contributed by atoms with Gasteiger partial charge in [-0.3, -0.25) is 19.7 Å². The lowest BCUT2D eigenvalue weighted by atomic mass is 9.93. The number of ether oxygens (including phenoxy) is 4. The Hall–Kier alpha value is -4.39. The van der Waals surface area contributed by atoms with E-state index >= 15 is 0 Å². The number of methoxy groups -OCH3 is 2. The van der Waals surface area contributed by atoms with Crippen LogP contribution in [0.5, 0.6) is 11.5 Å². The molecule has 1 saturated heterocycles. The number of nitrogens with zero attached hydrogens (tertiary/aromatic N) is 4. The molecule has 50 heavy (non-hydrogen) atoms. The lowest BCUT2D eigenvalue weighted by Gasteiger charge is -2.33. The lowest BCUT2D eigenvalue weighted by Crippen LogP contribution is -2.45. The molecule has 2 aromatic carbocycles. The maximum Gasteiger partial charge on any atom is 0.410 e. The van der Waals surface area contributed by atoms with Crippen LogP contribution >= 0.6 is 0 Å². The quantitative estimate of drug-likeness (QED) is 0.125. The number of rotatable bonds is 16. The normalized spacial score (nSPS) is 17.4. The van der Waals surface area contributed by atoms with Gasteiger partial charge < -0.3 is 33.6 Å². The Bertz CT molecular complexity index is 1500. The first kappa shape index (κ1) is 38.4. The molecule has 2 atom stereocenters. The van der Waals surface area contributed by atoms with Crippen LogP contribution in [0, 0.1) is 22.0 Å². The topological polar surface area (TPSA) is 141 Å². The number of carbonyl (C=O) groups is 3. The van der Waals surface area contributed by atoms with Crippen LogP contribution in [0.15, 0.2) is 42.5 Å². The highest BCUT2D eigenvalue weighted by atomic mass is 16.6. The third-order valence-corrected chi connectivity index (χ3v) is 8.92. The van der Waals surface area contributed by atoms with Gasteiger partial charge in [-0.2, -0.15) is 0 Å². The van der Waals surface area contributed by atoms with Gasteiger partial charge in [-0.15, -0.1) is 0 Å². The van der Waals surface area contributed by atoms with Crippen molar-refractivity contribution in [3.8, 4) is 11.5 Å². The van der Waals surface area contributed by atoms with Gasteiger partial charge in [0.15, 0.2) is 11.5 Å². The predicted octanol–water partition coefficient (Wildman–Crippen LogP) is 5.59. The highest BCUT2D eigenvalue weighted by Gasteiger charge is 2.43. The smallest absolute Gasteiger partial charge is 0.410 e. The minimum absolute atomic E-state index is 0.0370. The van der Waals surface area contributed by atoms with Crippen molar-refractivity contribution in [1.29, 1.82) is 0 Å². The Morgan fingerprint density at radius 3 is 2.28 bits per heavy atom. The van der Waals surface area contributed by atoms with E-state index in [0.29, 0.717) is 68.4 Å². The van der Waals surface area contributed by atoms with E-state index in [0.717, 1.165) is 12.8 Å². The number of nitro groups is 1. The number of hydrogen-bond donors (Lipinski definition) is 0. The molecule has 3 amide bonds. The molecule has 13 heteroatoms. The van der Waals surface area contributed by atoms with E-state index in [-0.39, 0.29) is 47.8 Å². The van der Waals surface area contributed by atoms with E-state index in [9.17, 15) is 24.5 Å². The predicted molar refractivity (Wildman–Crippen MR) is 187 cm³/mol. The molecule has 1 aliphatic heterocycles. The third kappa shape index (κ3) is 10.6. The van der Waals surface area contributed by atoms with Crippen molar-refractivity contribution in [2.75, 3.05) is 53.6 Å². The van der Waals surface area contributed by atoms with E-state index < -0.39 is 16.6 Å². The zero-order chi connectivity index (χ0) is 36.6. The molecule has 2 aromatic rings. The Morgan fingerprint density at radius 1 is 0.980 bits per heavy atom. The van der Waals surface area contributed by atoms with E-state index in [1.54, 1.807) is 54.4 Å². The van der Waals surface area contributed by atoms with Gasteiger partial charge >= 0.3 is 6.09 Å². The number of amides is 3. The summed E-state index contributed by atoms with van der Waals surface area (Å²) in [5, 5.41) is 11.3. The Balaban J connectivity index is 1.57. The minimum atomic E-state index is -0.684. The highest BCUT2D eigenvalue weighted by Crippen LogP contribution is 2.34. The molecule has 13 nitrogen and oxygen atoms in total. The van der Waals surface area contributed by atoms with Crippen molar-refractivity contribution in [1.82, 2.24) is 14.7 Å².